The second-order valence-electron chi connectivity index (χ2n) is 4.38. The number of likely N-dealkylation sites (N-methyl/N-ethyl adjacent to an activating group) is 1. The molecule has 0 aromatic carbocycles. The number of β-amino-alcohol motifs (C(OH)–C–C–N with tert-alkyl or cyclic N) is 1. The van der Waals surface area contributed by atoms with E-state index in [0.29, 0.717) is 13.1 Å². The van der Waals surface area contributed by atoms with Gasteiger partial charge in [-0.2, -0.15) is 0 Å². The first-order valence-electron chi connectivity index (χ1n) is 5.60. The van der Waals surface area contributed by atoms with E-state index >= 15 is 0 Å². The third-order valence-electron chi connectivity index (χ3n) is 3.33. The molecule has 86 valence electrons. The molecule has 2 saturated heterocycles. The molecule has 0 bridgehead atoms. The van der Waals surface area contributed by atoms with E-state index in [1.54, 1.807) is 11.9 Å². The minimum Gasteiger partial charge on any atom is -0.390 e. The van der Waals surface area contributed by atoms with Crippen LogP contribution in [-0.4, -0.2) is 66.3 Å². The highest BCUT2D eigenvalue weighted by molar-refractivity contribution is 5.75. The quantitative estimate of drug-likeness (QED) is 0.615. The Balaban J connectivity index is 1.94. The molecule has 0 unspecified atom stereocenters. The number of rotatable bonds is 1. The highest BCUT2D eigenvalue weighted by Crippen LogP contribution is 2.14. The van der Waals surface area contributed by atoms with Crippen LogP contribution >= 0.6 is 0 Å². The molecule has 0 saturated carbocycles. The smallest absolute Gasteiger partial charge is 0.320 e. The van der Waals surface area contributed by atoms with Gasteiger partial charge in [0.25, 0.3) is 0 Å². The second kappa shape index (κ2) is 4.37. The maximum absolute atomic E-state index is 12.0. The van der Waals surface area contributed by atoms with Crippen molar-refractivity contribution in [3.63, 3.8) is 0 Å². The van der Waals surface area contributed by atoms with Crippen LogP contribution in [0.4, 0.5) is 4.79 Å². The monoisotopic (exact) mass is 213 g/mol. The summed E-state index contributed by atoms with van der Waals surface area (Å²) in [6.07, 6.45) is 1.78. The number of hydrogen-bond donors (Lipinski definition) is 2. The summed E-state index contributed by atoms with van der Waals surface area (Å²) in [5, 5.41) is 12.8. The van der Waals surface area contributed by atoms with Gasteiger partial charge in [-0.05, 0) is 12.8 Å². The summed E-state index contributed by atoms with van der Waals surface area (Å²) in [5.41, 5.74) is 0. The Labute approximate surface area is 90.0 Å². The number of likely N-dealkylation sites (tertiary alicyclic amines) is 1. The van der Waals surface area contributed by atoms with Crippen LogP contribution in [0.1, 0.15) is 12.8 Å². The van der Waals surface area contributed by atoms with Crippen LogP contribution in [-0.2, 0) is 0 Å². The van der Waals surface area contributed by atoms with Gasteiger partial charge in [-0.3, -0.25) is 0 Å². The van der Waals surface area contributed by atoms with E-state index < -0.39 is 6.10 Å². The summed E-state index contributed by atoms with van der Waals surface area (Å²) >= 11 is 0. The summed E-state index contributed by atoms with van der Waals surface area (Å²) in [4.78, 5) is 15.5. The maximum atomic E-state index is 12.0. The molecule has 0 aliphatic carbocycles. The van der Waals surface area contributed by atoms with Crippen LogP contribution in [0.15, 0.2) is 0 Å². The number of urea groups is 1. The van der Waals surface area contributed by atoms with Gasteiger partial charge in [-0.15, -0.1) is 0 Å². The summed E-state index contributed by atoms with van der Waals surface area (Å²) in [5.74, 6) is 0. The minimum absolute atomic E-state index is 0.0558. The van der Waals surface area contributed by atoms with Gasteiger partial charge in [0, 0.05) is 33.2 Å². The average molecular weight is 213 g/mol. The Hall–Kier alpha value is -0.810. The molecular weight excluding hydrogens is 194 g/mol. The third-order valence-corrected chi connectivity index (χ3v) is 3.33. The number of aliphatic hydroxyl groups excluding tert-OH is 1. The molecule has 2 heterocycles. The molecule has 2 aliphatic heterocycles. The first-order valence-corrected chi connectivity index (χ1v) is 5.60. The predicted molar refractivity (Wildman–Crippen MR) is 56.6 cm³/mol. The average Bonchev–Trinajstić information content (AvgIpc) is 2.85. The van der Waals surface area contributed by atoms with Gasteiger partial charge in [-0.25, -0.2) is 4.79 Å². The lowest BCUT2D eigenvalue weighted by molar-refractivity contribution is 0.0966. The number of hydrogen-bond acceptors (Lipinski definition) is 3. The van der Waals surface area contributed by atoms with Gasteiger partial charge in [0.2, 0.25) is 0 Å². The van der Waals surface area contributed by atoms with Gasteiger partial charge in [0.05, 0.1) is 12.1 Å². The zero-order valence-corrected chi connectivity index (χ0v) is 9.15. The largest absolute Gasteiger partial charge is 0.390 e. The lowest BCUT2D eigenvalue weighted by Crippen LogP contribution is -2.49. The SMILES string of the molecule is CN(C(=O)N1CCCC1)[C@@H]1CNC[C@H]1O. The standard InChI is InChI=1S/C10H19N3O2/c1-12(8-6-11-7-9(8)14)10(15)13-4-2-3-5-13/h8-9,11,14H,2-7H2,1H3/t8-,9-/m1/s1. The molecule has 0 aromatic rings. The molecule has 2 aliphatic rings. The highest BCUT2D eigenvalue weighted by atomic mass is 16.3. The first kappa shape index (κ1) is 10.7. The van der Waals surface area contributed by atoms with Gasteiger partial charge in [0.15, 0.2) is 0 Å². The zero-order chi connectivity index (χ0) is 10.8. The van der Waals surface area contributed by atoms with E-state index in [-0.39, 0.29) is 12.1 Å². The number of carbonyl (C=O) groups is 1. The summed E-state index contributed by atoms with van der Waals surface area (Å²) in [6, 6.07) is -0.0154. The molecule has 5 heteroatoms. The fourth-order valence-electron chi connectivity index (χ4n) is 2.32. The van der Waals surface area contributed by atoms with E-state index in [4.69, 9.17) is 0 Å². The van der Waals surface area contributed by atoms with Crippen molar-refractivity contribution in [1.29, 1.82) is 0 Å². The van der Waals surface area contributed by atoms with Crippen molar-refractivity contribution in [2.75, 3.05) is 33.2 Å². The topological polar surface area (TPSA) is 55.8 Å². The van der Waals surface area contributed by atoms with E-state index in [2.05, 4.69) is 5.32 Å². The number of carbonyl (C=O) groups excluding carboxylic acids is 1. The summed E-state index contributed by atoms with van der Waals surface area (Å²) in [6.45, 7) is 3.00. The van der Waals surface area contributed by atoms with E-state index in [9.17, 15) is 9.90 Å². The Kier molecular flexibility index (Phi) is 3.11. The Morgan fingerprint density at radius 1 is 1.40 bits per heavy atom. The molecule has 15 heavy (non-hydrogen) atoms. The summed E-state index contributed by atoms with van der Waals surface area (Å²) in [7, 11) is 1.78. The molecule has 0 aromatic heterocycles. The van der Waals surface area contributed by atoms with Crippen molar-refractivity contribution in [2.24, 2.45) is 0 Å². The van der Waals surface area contributed by atoms with Crippen molar-refractivity contribution in [1.82, 2.24) is 15.1 Å². The minimum atomic E-state index is -0.429. The van der Waals surface area contributed by atoms with Gasteiger partial charge in [-0.1, -0.05) is 0 Å². The molecule has 2 N–H and O–H groups in total. The number of nitrogens with one attached hydrogen (secondary N) is 1. The molecule has 2 rings (SSSR count). The molecule has 2 fully saturated rings. The van der Waals surface area contributed by atoms with Crippen molar-refractivity contribution in [3.05, 3.63) is 0 Å². The van der Waals surface area contributed by atoms with Crippen molar-refractivity contribution < 1.29 is 9.90 Å². The molecule has 0 spiro atoms. The second-order valence-corrected chi connectivity index (χ2v) is 4.38. The summed E-state index contributed by atoms with van der Waals surface area (Å²) < 4.78 is 0. The van der Waals surface area contributed by atoms with Crippen molar-refractivity contribution >= 4 is 6.03 Å². The lowest BCUT2D eigenvalue weighted by atomic mass is 10.2. The molecule has 0 radical (unpaired) electrons. The molecule has 2 amide bonds. The molecule has 2 atom stereocenters. The lowest BCUT2D eigenvalue weighted by Gasteiger charge is -2.30. The highest BCUT2D eigenvalue weighted by Gasteiger charge is 2.33. The predicted octanol–water partition coefficient (Wildman–Crippen LogP) is -0.533. The van der Waals surface area contributed by atoms with Gasteiger partial charge in [0.1, 0.15) is 0 Å². The van der Waals surface area contributed by atoms with E-state index in [1.807, 2.05) is 4.90 Å². The van der Waals surface area contributed by atoms with Crippen molar-refractivity contribution in [2.45, 2.75) is 25.0 Å². The fraction of sp³-hybridized carbons (Fsp3) is 0.900. The van der Waals surface area contributed by atoms with Crippen LogP contribution in [0.2, 0.25) is 0 Å². The number of nitrogens with zero attached hydrogens (tertiary/aromatic N) is 2. The molecular formula is C10H19N3O2. The third kappa shape index (κ3) is 2.08. The van der Waals surface area contributed by atoms with Crippen LogP contribution in [0.3, 0.4) is 0 Å². The number of aliphatic hydroxyl groups is 1. The van der Waals surface area contributed by atoms with Crippen LogP contribution in [0, 0.1) is 0 Å². The Morgan fingerprint density at radius 2 is 2.07 bits per heavy atom. The zero-order valence-electron chi connectivity index (χ0n) is 9.15. The van der Waals surface area contributed by atoms with Crippen LogP contribution < -0.4 is 5.32 Å². The van der Waals surface area contributed by atoms with Crippen LogP contribution in [0.5, 0.6) is 0 Å². The Bertz CT molecular complexity index is 241. The van der Waals surface area contributed by atoms with Crippen LogP contribution in [0.25, 0.3) is 0 Å². The van der Waals surface area contributed by atoms with E-state index in [0.717, 1.165) is 25.9 Å². The van der Waals surface area contributed by atoms with Gasteiger partial charge < -0.3 is 20.2 Å². The van der Waals surface area contributed by atoms with E-state index in [1.165, 1.54) is 0 Å². The van der Waals surface area contributed by atoms with Crippen molar-refractivity contribution in [3.8, 4) is 0 Å². The molecule has 5 nitrogen and oxygen atoms in total. The van der Waals surface area contributed by atoms with Gasteiger partial charge >= 0.3 is 6.03 Å². The number of amides is 2. The fourth-order valence-corrected chi connectivity index (χ4v) is 2.32. The normalized spacial score (nSPS) is 30.9. The maximum Gasteiger partial charge on any atom is 0.320 e. The first-order chi connectivity index (χ1) is 7.20. The Morgan fingerprint density at radius 3 is 2.60 bits per heavy atom.